The number of hydrogen-bond donors (Lipinski definition) is 1. The predicted molar refractivity (Wildman–Crippen MR) is 141 cm³/mol. The molecule has 2 atom stereocenters. The molecule has 0 bridgehead atoms. The molecule has 1 saturated carbocycles. The fourth-order valence-corrected chi connectivity index (χ4v) is 4.75. The summed E-state index contributed by atoms with van der Waals surface area (Å²) < 4.78 is 17.9. The van der Waals surface area contributed by atoms with E-state index < -0.39 is 23.9 Å². The molecule has 11 nitrogen and oxygen atoms in total. The standard InChI is InChI=1S/C27H39N5O6/c1-18(23-20-9-6-7-10-21(20)31(29-23)14-8-13-28-25(34)36-5)32(19-11-12-19)24(33)22-17-30(15-16-37-22)26(35)38-27(2,3)4/h6-7,9-10,18-19,22H,8,11-17H2,1-5H3,(H,28,34)/t18-,22-/m1/s1. The Morgan fingerprint density at radius 2 is 1.97 bits per heavy atom. The first-order valence-corrected chi connectivity index (χ1v) is 13.3. The van der Waals surface area contributed by atoms with Crippen LogP contribution in [-0.2, 0) is 25.5 Å². The Hall–Kier alpha value is -3.34. The number of hydrogen-bond acceptors (Lipinski definition) is 7. The fourth-order valence-electron chi connectivity index (χ4n) is 4.75. The summed E-state index contributed by atoms with van der Waals surface area (Å²) >= 11 is 0. The number of carbonyl (C=O) groups excluding carboxylic acids is 3. The number of fused-ring (bicyclic) bond motifs is 1. The number of amides is 3. The van der Waals surface area contributed by atoms with E-state index in [0.29, 0.717) is 26.1 Å². The quantitative estimate of drug-likeness (QED) is 0.521. The molecule has 1 N–H and O–H groups in total. The molecule has 1 aromatic carbocycles. The van der Waals surface area contributed by atoms with E-state index >= 15 is 0 Å². The van der Waals surface area contributed by atoms with Crippen LogP contribution in [0, 0.1) is 0 Å². The molecule has 0 unspecified atom stereocenters. The van der Waals surface area contributed by atoms with E-state index in [1.165, 1.54) is 7.11 Å². The van der Waals surface area contributed by atoms with Crippen LogP contribution in [0.15, 0.2) is 24.3 Å². The van der Waals surface area contributed by atoms with Crippen molar-refractivity contribution in [3.63, 3.8) is 0 Å². The third kappa shape index (κ3) is 6.56. The number of ether oxygens (including phenoxy) is 3. The highest BCUT2D eigenvalue weighted by molar-refractivity contribution is 5.86. The monoisotopic (exact) mass is 529 g/mol. The number of rotatable bonds is 8. The van der Waals surface area contributed by atoms with Crippen molar-refractivity contribution in [2.45, 2.75) is 77.3 Å². The lowest BCUT2D eigenvalue weighted by atomic mass is 10.1. The average Bonchev–Trinajstić information content (AvgIpc) is 3.65. The Kier molecular flexibility index (Phi) is 8.44. The van der Waals surface area contributed by atoms with Crippen LogP contribution in [0.1, 0.15) is 58.7 Å². The lowest BCUT2D eigenvalue weighted by Crippen LogP contribution is -2.54. The van der Waals surface area contributed by atoms with Crippen LogP contribution in [0.2, 0.25) is 0 Å². The van der Waals surface area contributed by atoms with Gasteiger partial charge in [0.05, 0.1) is 37.5 Å². The number of alkyl carbamates (subject to hydrolysis) is 1. The third-order valence-corrected chi connectivity index (χ3v) is 6.69. The number of carbonyl (C=O) groups is 3. The van der Waals surface area contributed by atoms with Crippen LogP contribution in [0.5, 0.6) is 0 Å². The van der Waals surface area contributed by atoms with Crippen molar-refractivity contribution in [3.05, 3.63) is 30.0 Å². The molecule has 1 saturated heterocycles. The van der Waals surface area contributed by atoms with E-state index in [1.807, 2.05) is 61.5 Å². The maximum atomic E-state index is 13.8. The highest BCUT2D eigenvalue weighted by atomic mass is 16.6. The largest absolute Gasteiger partial charge is 0.453 e. The molecule has 4 rings (SSSR count). The molecular weight excluding hydrogens is 490 g/mol. The van der Waals surface area contributed by atoms with E-state index in [4.69, 9.17) is 14.6 Å². The Balaban J connectivity index is 1.51. The first-order chi connectivity index (χ1) is 18.1. The molecular formula is C27H39N5O6. The van der Waals surface area contributed by atoms with Crippen molar-refractivity contribution in [1.82, 2.24) is 24.9 Å². The minimum Gasteiger partial charge on any atom is -0.453 e. The van der Waals surface area contributed by atoms with Gasteiger partial charge in [-0.25, -0.2) is 9.59 Å². The van der Waals surface area contributed by atoms with Crippen LogP contribution < -0.4 is 5.32 Å². The average molecular weight is 530 g/mol. The maximum absolute atomic E-state index is 13.8. The van der Waals surface area contributed by atoms with E-state index in [9.17, 15) is 14.4 Å². The van der Waals surface area contributed by atoms with Crippen molar-refractivity contribution in [2.75, 3.05) is 33.4 Å². The third-order valence-electron chi connectivity index (χ3n) is 6.69. The molecule has 38 heavy (non-hydrogen) atoms. The molecule has 2 fully saturated rings. The van der Waals surface area contributed by atoms with Gasteiger partial charge in [0.25, 0.3) is 5.91 Å². The number of benzene rings is 1. The summed E-state index contributed by atoms with van der Waals surface area (Å²) in [5.41, 5.74) is 1.18. The highest BCUT2D eigenvalue weighted by Crippen LogP contribution is 2.37. The minimum atomic E-state index is -0.753. The molecule has 1 aliphatic heterocycles. The number of nitrogens with one attached hydrogen (secondary N) is 1. The van der Waals surface area contributed by atoms with Gasteiger partial charge < -0.3 is 29.3 Å². The van der Waals surface area contributed by atoms with Crippen molar-refractivity contribution in [3.8, 4) is 0 Å². The van der Waals surface area contributed by atoms with Gasteiger partial charge in [0.15, 0.2) is 6.10 Å². The van der Waals surface area contributed by atoms with Gasteiger partial charge in [-0.15, -0.1) is 0 Å². The smallest absolute Gasteiger partial charge is 0.410 e. The summed E-state index contributed by atoms with van der Waals surface area (Å²) in [7, 11) is 1.34. The second-order valence-corrected chi connectivity index (χ2v) is 10.8. The molecule has 1 aromatic heterocycles. The SMILES string of the molecule is COC(=O)NCCCn1nc([C@@H](C)N(C(=O)[C@H]2CN(C(=O)OC(C)(C)C)CCO2)C2CC2)c2ccccc21. The zero-order valence-corrected chi connectivity index (χ0v) is 22.9. The molecule has 0 spiro atoms. The molecule has 208 valence electrons. The number of morpholine rings is 1. The van der Waals surface area contributed by atoms with Gasteiger partial charge in [0.2, 0.25) is 0 Å². The number of para-hydroxylation sites is 1. The van der Waals surface area contributed by atoms with Crippen LogP contribution >= 0.6 is 0 Å². The Morgan fingerprint density at radius 1 is 1.24 bits per heavy atom. The second-order valence-electron chi connectivity index (χ2n) is 10.8. The van der Waals surface area contributed by atoms with Crippen LogP contribution in [0.25, 0.3) is 10.9 Å². The number of nitrogens with zero attached hydrogens (tertiary/aromatic N) is 4. The number of methoxy groups -OCH3 is 1. The van der Waals surface area contributed by atoms with Crippen molar-refractivity contribution in [1.29, 1.82) is 0 Å². The number of aromatic nitrogens is 2. The highest BCUT2D eigenvalue weighted by Gasteiger charge is 2.42. The fraction of sp³-hybridized carbons (Fsp3) is 0.630. The van der Waals surface area contributed by atoms with Crippen molar-refractivity contribution < 1.29 is 28.6 Å². The predicted octanol–water partition coefficient (Wildman–Crippen LogP) is 3.47. The summed E-state index contributed by atoms with van der Waals surface area (Å²) in [6.07, 6.45) is 0.884. The normalized spacial score (nSPS) is 18.7. The first kappa shape index (κ1) is 27.7. The number of aryl methyl sites for hydroxylation is 1. The summed E-state index contributed by atoms with van der Waals surface area (Å²) in [4.78, 5) is 41.3. The Bertz CT molecular complexity index is 1150. The van der Waals surface area contributed by atoms with Gasteiger partial charge in [-0.1, -0.05) is 18.2 Å². The molecule has 2 aromatic rings. The molecule has 1 aliphatic carbocycles. The zero-order chi connectivity index (χ0) is 27.4. The van der Waals surface area contributed by atoms with Crippen LogP contribution in [-0.4, -0.2) is 88.8 Å². The van der Waals surface area contributed by atoms with Gasteiger partial charge in [-0.05, 0) is 53.0 Å². The van der Waals surface area contributed by atoms with Gasteiger partial charge in [-0.2, -0.15) is 5.10 Å². The molecule has 2 aliphatic rings. The van der Waals surface area contributed by atoms with Crippen LogP contribution in [0.4, 0.5) is 9.59 Å². The van der Waals surface area contributed by atoms with Gasteiger partial charge >= 0.3 is 12.2 Å². The summed E-state index contributed by atoms with van der Waals surface area (Å²) in [5.74, 6) is -0.130. The lowest BCUT2D eigenvalue weighted by Gasteiger charge is -2.37. The van der Waals surface area contributed by atoms with Crippen molar-refractivity contribution in [2.24, 2.45) is 0 Å². The van der Waals surface area contributed by atoms with E-state index in [1.54, 1.807) is 4.90 Å². The first-order valence-electron chi connectivity index (χ1n) is 13.3. The minimum absolute atomic E-state index is 0.117. The Morgan fingerprint density at radius 3 is 2.66 bits per heavy atom. The van der Waals surface area contributed by atoms with Gasteiger partial charge in [0.1, 0.15) is 5.60 Å². The lowest BCUT2D eigenvalue weighted by molar-refractivity contribution is -0.151. The zero-order valence-electron chi connectivity index (χ0n) is 22.9. The van der Waals surface area contributed by atoms with Crippen LogP contribution in [0.3, 0.4) is 0 Å². The van der Waals surface area contributed by atoms with Crippen molar-refractivity contribution >= 4 is 29.0 Å². The maximum Gasteiger partial charge on any atom is 0.410 e. The second kappa shape index (κ2) is 11.6. The van der Waals surface area contributed by atoms with Gasteiger partial charge in [0, 0.05) is 31.1 Å². The Labute approximate surface area is 223 Å². The molecule has 0 radical (unpaired) electrons. The molecule has 3 amide bonds. The molecule has 11 heteroatoms. The molecule has 2 heterocycles. The van der Waals surface area contributed by atoms with E-state index in [2.05, 4.69) is 10.1 Å². The summed E-state index contributed by atoms with van der Waals surface area (Å²) in [5, 5.41) is 8.60. The van der Waals surface area contributed by atoms with E-state index in [0.717, 1.165) is 29.4 Å². The topological polar surface area (TPSA) is 115 Å². The summed E-state index contributed by atoms with van der Waals surface area (Å²) in [6.45, 7) is 9.36. The summed E-state index contributed by atoms with van der Waals surface area (Å²) in [6, 6.07) is 7.80. The van der Waals surface area contributed by atoms with Gasteiger partial charge in [-0.3, -0.25) is 9.48 Å². The van der Waals surface area contributed by atoms with E-state index in [-0.39, 0.29) is 31.1 Å².